The minimum Gasteiger partial charge on any atom is -0.507 e. The first-order valence-electron chi connectivity index (χ1n) is 12.2. The molecular weight excluding hydrogens is 482 g/mol. The van der Waals surface area contributed by atoms with Gasteiger partial charge in [0.15, 0.2) is 0 Å². The lowest BCUT2D eigenvalue weighted by atomic mass is 9.95. The van der Waals surface area contributed by atoms with Gasteiger partial charge >= 0.3 is 0 Å². The minimum absolute atomic E-state index is 0.00300. The molecule has 1 saturated heterocycles. The van der Waals surface area contributed by atoms with Crippen LogP contribution in [-0.2, 0) is 22.7 Å². The van der Waals surface area contributed by atoms with Crippen LogP contribution < -0.4 is 9.47 Å². The molecule has 38 heavy (non-hydrogen) atoms. The third kappa shape index (κ3) is 5.04. The third-order valence-electron chi connectivity index (χ3n) is 6.47. The number of hydrogen-bond donors (Lipinski definition) is 1. The smallest absolute Gasteiger partial charge is 0.296 e. The van der Waals surface area contributed by atoms with Crippen molar-refractivity contribution < 1.29 is 28.6 Å². The molecule has 0 aliphatic carbocycles. The zero-order valence-corrected chi connectivity index (χ0v) is 21.1. The Morgan fingerprint density at radius 3 is 2.45 bits per heavy atom. The van der Waals surface area contributed by atoms with E-state index >= 15 is 0 Å². The fraction of sp³-hybridized carbons (Fsp3) is 0.161. The van der Waals surface area contributed by atoms with Gasteiger partial charge in [-0.25, -0.2) is 0 Å². The Labute approximate surface area is 220 Å². The van der Waals surface area contributed by atoms with Crippen molar-refractivity contribution in [1.29, 1.82) is 0 Å². The van der Waals surface area contributed by atoms with Gasteiger partial charge in [-0.3, -0.25) is 9.59 Å². The number of benzene rings is 3. The Bertz CT molecular complexity index is 1490. The fourth-order valence-electron chi connectivity index (χ4n) is 4.60. The molecule has 7 nitrogen and oxygen atoms in total. The summed E-state index contributed by atoms with van der Waals surface area (Å²) in [4.78, 5) is 27.8. The summed E-state index contributed by atoms with van der Waals surface area (Å²) >= 11 is 0. The van der Waals surface area contributed by atoms with Gasteiger partial charge in [0.2, 0.25) is 0 Å². The highest BCUT2D eigenvalue weighted by atomic mass is 16.5. The number of ether oxygens (including phenoxy) is 2. The van der Waals surface area contributed by atoms with Crippen LogP contribution in [0.4, 0.5) is 0 Å². The quantitative estimate of drug-likeness (QED) is 0.184. The van der Waals surface area contributed by atoms with E-state index < -0.39 is 17.7 Å². The number of carbonyl (C=O) groups excluding carboxylic acids is 2. The van der Waals surface area contributed by atoms with E-state index in [4.69, 9.17) is 13.9 Å². The maximum atomic E-state index is 13.3. The number of hydrogen-bond acceptors (Lipinski definition) is 6. The number of Topliss-reactive ketones (excluding diaryl/α,β-unsaturated/α-hetero) is 1. The van der Waals surface area contributed by atoms with Gasteiger partial charge in [-0.15, -0.1) is 0 Å². The molecule has 1 aliphatic heterocycles. The number of ketones is 1. The Balaban J connectivity index is 1.48. The molecule has 4 aromatic rings. The monoisotopic (exact) mass is 509 g/mol. The van der Waals surface area contributed by atoms with E-state index in [1.54, 1.807) is 67.8 Å². The van der Waals surface area contributed by atoms with Crippen LogP contribution >= 0.6 is 0 Å². The van der Waals surface area contributed by atoms with E-state index in [2.05, 4.69) is 6.07 Å². The second kappa shape index (κ2) is 10.7. The van der Waals surface area contributed by atoms with Crippen molar-refractivity contribution in [3.8, 4) is 11.5 Å². The van der Waals surface area contributed by atoms with Gasteiger partial charge in [0.25, 0.3) is 11.7 Å². The number of aliphatic hydroxyl groups is 1. The van der Waals surface area contributed by atoms with Crippen molar-refractivity contribution in [3.05, 3.63) is 125 Å². The first kappa shape index (κ1) is 24.9. The summed E-state index contributed by atoms with van der Waals surface area (Å²) in [5.41, 5.74) is 3.24. The molecule has 3 aromatic carbocycles. The number of methoxy groups -OCH3 is 1. The summed E-state index contributed by atoms with van der Waals surface area (Å²) in [5.74, 6) is -0.0272. The van der Waals surface area contributed by atoms with Crippen molar-refractivity contribution in [2.24, 2.45) is 0 Å². The van der Waals surface area contributed by atoms with Crippen LogP contribution in [0.1, 0.15) is 34.1 Å². The molecule has 0 bridgehead atoms. The van der Waals surface area contributed by atoms with Crippen LogP contribution in [0.15, 0.2) is 101 Å². The van der Waals surface area contributed by atoms with E-state index in [0.29, 0.717) is 35.0 Å². The molecule has 1 amide bonds. The van der Waals surface area contributed by atoms with Crippen molar-refractivity contribution in [3.63, 3.8) is 0 Å². The second-order valence-corrected chi connectivity index (χ2v) is 9.09. The van der Waals surface area contributed by atoms with Crippen LogP contribution in [0.25, 0.3) is 5.76 Å². The second-order valence-electron chi connectivity index (χ2n) is 9.09. The molecule has 2 heterocycles. The molecule has 0 saturated carbocycles. The molecule has 5 rings (SSSR count). The number of aryl methyl sites for hydroxylation is 1. The average Bonchev–Trinajstić information content (AvgIpc) is 3.54. The van der Waals surface area contributed by atoms with Crippen LogP contribution in [0.5, 0.6) is 11.5 Å². The van der Waals surface area contributed by atoms with Crippen LogP contribution in [-0.4, -0.2) is 28.8 Å². The number of likely N-dealkylation sites (tertiary alicyclic amines) is 1. The van der Waals surface area contributed by atoms with E-state index in [9.17, 15) is 14.7 Å². The molecule has 192 valence electrons. The maximum Gasteiger partial charge on any atom is 0.296 e. The van der Waals surface area contributed by atoms with Crippen LogP contribution in [0.3, 0.4) is 0 Å². The Kier molecular flexibility index (Phi) is 7.00. The Morgan fingerprint density at radius 1 is 0.947 bits per heavy atom. The summed E-state index contributed by atoms with van der Waals surface area (Å²) in [5, 5.41) is 11.3. The predicted octanol–water partition coefficient (Wildman–Crippen LogP) is 5.80. The molecular formula is C31H27NO6. The van der Waals surface area contributed by atoms with Crippen LogP contribution in [0.2, 0.25) is 0 Å². The maximum absolute atomic E-state index is 13.3. The van der Waals surface area contributed by atoms with Gasteiger partial charge in [0, 0.05) is 5.56 Å². The highest BCUT2D eigenvalue weighted by Gasteiger charge is 2.46. The molecule has 1 fully saturated rings. The molecule has 1 aromatic heterocycles. The van der Waals surface area contributed by atoms with Gasteiger partial charge in [-0.2, -0.15) is 0 Å². The van der Waals surface area contributed by atoms with Gasteiger partial charge in [0.1, 0.15) is 29.6 Å². The zero-order valence-electron chi connectivity index (χ0n) is 21.1. The van der Waals surface area contributed by atoms with Gasteiger partial charge in [-0.1, -0.05) is 42.0 Å². The normalized spacial score (nSPS) is 16.6. The summed E-state index contributed by atoms with van der Waals surface area (Å²) in [6.45, 7) is 2.50. The number of amides is 1. The Morgan fingerprint density at radius 2 is 1.74 bits per heavy atom. The molecule has 7 heteroatoms. The van der Waals surface area contributed by atoms with E-state index in [-0.39, 0.29) is 17.9 Å². The topological polar surface area (TPSA) is 89.2 Å². The highest BCUT2D eigenvalue weighted by molar-refractivity contribution is 6.46. The van der Waals surface area contributed by atoms with Crippen molar-refractivity contribution >= 4 is 17.4 Å². The van der Waals surface area contributed by atoms with E-state index in [1.807, 2.05) is 25.1 Å². The molecule has 0 unspecified atom stereocenters. The minimum atomic E-state index is -0.826. The number of nitrogens with zero attached hydrogens (tertiary/aromatic N) is 1. The number of rotatable bonds is 8. The molecule has 1 aliphatic rings. The van der Waals surface area contributed by atoms with Crippen molar-refractivity contribution in [1.82, 2.24) is 4.90 Å². The lowest BCUT2D eigenvalue weighted by molar-refractivity contribution is -0.140. The summed E-state index contributed by atoms with van der Waals surface area (Å²) in [6, 6.07) is 24.6. The van der Waals surface area contributed by atoms with E-state index in [1.165, 1.54) is 11.2 Å². The van der Waals surface area contributed by atoms with E-state index in [0.717, 1.165) is 11.1 Å². The lowest BCUT2D eigenvalue weighted by Gasteiger charge is -2.24. The van der Waals surface area contributed by atoms with Gasteiger partial charge < -0.3 is 23.9 Å². The SMILES string of the molecule is COc1cccc([C@@H]2C(=C(O)c3ccc(OCc4cccc(C)c4)cc3)C(=O)C(=O)N2Cc2ccco2)c1. The molecule has 0 spiro atoms. The highest BCUT2D eigenvalue weighted by Crippen LogP contribution is 2.41. The standard InChI is InChI=1S/C31H27NO6/c1-20-6-3-7-21(16-20)19-38-24-13-11-22(12-14-24)29(33)27-28(23-8-4-9-25(17-23)36-2)32(31(35)30(27)34)18-26-10-5-15-37-26/h3-17,28,33H,18-19H2,1-2H3/t28-/m1/s1. The predicted molar refractivity (Wildman–Crippen MR) is 142 cm³/mol. The summed E-state index contributed by atoms with van der Waals surface area (Å²) < 4.78 is 16.7. The van der Waals surface area contributed by atoms with Gasteiger partial charge in [0.05, 0.1) is 31.5 Å². The molecule has 1 N–H and O–H groups in total. The Hall–Kier alpha value is -4.78. The zero-order chi connectivity index (χ0) is 26.6. The van der Waals surface area contributed by atoms with Gasteiger partial charge in [-0.05, 0) is 66.6 Å². The summed E-state index contributed by atoms with van der Waals surface area (Å²) in [7, 11) is 1.54. The molecule has 0 radical (unpaired) electrons. The first-order chi connectivity index (χ1) is 18.4. The van der Waals surface area contributed by atoms with Crippen LogP contribution in [0, 0.1) is 6.92 Å². The number of aliphatic hydroxyl groups excluding tert-OH is 1. The molecule has 1 atom stereocenters. The lowest BCUT2D eigenvalue weighted by Crippen LogP contribution is -2.29. The third-order valence-corrected chi connectivity index (χ3v) is 6.47. The number of carbonyl (C=O) groups is 2. The fourth-order valence-corrected chi connectivity index (χ4v) is 4.60. The van der Waals surface area contributed by atoms with Crippen molar-refractivity contribution in [2.75, 3.05) is 7.11 Å². The average molecular weight is 510 g/mol. The first-order valence-corrected chi connectivity index (χ1v) is 12.2. The number of furan rings is 1. The summed E-state index contributed by atoms with van der Waals surface area (Å²) in [6.07, 6.45) is 1.51. The van der Waals surface area contributed by atoms with Crippen molar-refractivity contribution in [2.45, 2.75) is 26.1 Å². The largest absolute Gasteiger partial charge is 0.507 e.